The van der Waals surface area contributed by atoms with E-state index in [1.54, 1.807) is 11.3 Å². The van der Waals surface area contributed by atoms with E-state index in [0.29, 0.717) is 14.5 Å². The van der Waals surface area contributed by atoms with Crippen molar-refractivity contribution in [3.8, 4) is 9.44 Å². The van der Waals surface area contributed by atoms with Crippen LogP contribution in [0.2, 0.25) is 0 Å². The van der Waals surface area contributed by atoms with Crippen molar-refractivity contribution in [2.45, 2.75) is 0 Å². The van der Waals surface area contributed by atoms with Crippen molar-refractivity contribution < 1.29 is 0 Å². The Labute approximate surface area is 69.1 Å². The Balaban J connectivity index is 2.48. The van der Waals surface area contributed by atoms with Gasteiger partial charge in [0.15, 0.2) is 0 Å². The normalized spacial score (nSPS) is 10.0. The molecule has 0 fully saturated rings. The molecule has 0 saturated heterocycles. The van der Waals surface area contributed by atoms with Crippen LogP contribution in [-0.2, 0) is 0 Å². The van der Waals surface area contributed by atoms with Gasteiger partial charge in [-0.2, -0.15) is 0 Å². The Hall–Kier alpha value is -0.371. The van der Waals surface area contributed by atoms with E-state index >= 15 is 0 Å². The molecule has 0 aliphatic heterocycles. The summed E-state index contributed by atoms with van der Waals surface area (Å²) in [7, 11) is 0. The third-order valence-electron chi connectivity index (χ3n) is 1.16. The Morgan fingerprint density at radius 2 is 2.50 bits per heavy atom. The molecule has 1 nitrogen and oxygen atoms in total. The minimum absolute atomic E-state index is 0.491. The predicted octanol–water partition coefficient (Wildman–Crippen LogP) is 1.87. The summed E-state index contributed by atoms with van der Waals surface area (Å²) in [4.78, 5) is 7.72. The predicted molar refractivity (Wildman–Crippen MR) is 44.5 cm³/mol. The van der Waals surface area contributed by atoms with Crippen LogP contribution in [0.5, 0.6) is 0 Å². The fourth-order valence-corrected chi connectivity index (χ4v) is 3.08. The van der Waals surface area contributed by atoms with Crippen LogP contribution in [0.3, 0.4) is 0 Å². The molecule has 0 saturated carbocycles. The van der Waals surface area contributed by atoms with E-state index in [-0.39, 0.29) is 0 Å². The first kappa shape index (κ1) is 6.35. The summed E-state index contributed by atoms with van der Waals surface area (Å²) < 4.78 is 1.27. The van der Waals surface area contributed by atoms with E-state index < -0.39 is 0 Å². The van der Waals surface area contributed by atoms with Crippen molar-refractivity contribution >= 4 is 25.8 Å². The first-order chi connectivity index (χ1) is 4.97. The average Bonchev–Trinajstić information content (AvgIpc) is 2.59. The number of hydrogen-bond acceptors (Lipinski definition) is 2. The molecule has 0 amide bonds. The van der Waals surface area contributed by atoms with Gasteiger partial charge in [-0.1, -0.05) is 0 Å². The Morgan fingerprint density at radius 1 is 1.50 bits per heavy atom. The maximum absolute atomic E-state index is 4.25. The van der Waals surface area contributed by atoms with Gasteiger partial charge in [-0.3, -0.25) is 0 Å². The van der Waals surface area contributed by atoms with Crippen LogP contribution < -0.4 is 0 Å². The molecular weight excluding hydrogens is 209 g/mol. The van der Waals surface area contributed by atoms with Gasteiger partial charge in [0.05, 0.1) is 0 Å². The van der Waals surface area contributed by atoms with Crippen molar-refractivity contribution in [3.63, 3.8) is 0 Å². The fraction of sp³-hybridized carbons (Fsp3) is 0. The fourth-order valence-electron chi connectivity index (χ4n) is 0.745. The Kier molecular flexibility index (Phi) is 1.72. The molecule has 0 N–H and O–H groups in total. The van der Waals surface area contributed by atoms with Gasteiger partial charge < -0.3 is 0 Å². The van der Waals surface area contributed by atoms with Crippen LogP contribution in [0.1, 0.15) is 0 Å². The summed E-state index contributed by atoms with van der Waals surface area (Å²) in [6.45, 7) is 0. The third kappa shape index (κ3) is 1.08. The zero-order valence-electron chi connectivity index (χ0n) is 5.15. The van der Waals surface area contributed by atoms with Gasteiger partial charge >= 0.3 is 68.9 Å². The van der Waals surface area contributed by atoms with E-state index in [2.05, 4.69) is 27.4 Å². The second-order valence-electron chi connectivity index (χ2n) is 1.81. The van der Waals surface area contributed by atoms with E-state index in [4.69, 9.17) is 0 Å². The molecule has 2 aromatic heterocycles. The van der Waals surface area contributed by atoms with E-state index in [1.807, 2.05) is 6.20 Å². The van der Waals surface area contributed by atoms with Gasteiger partial charge in [0.25, 0.3) is 0 Å². The molecule has 2 aromatic rings. The molecule has 0 radical (unpaired) electrons. The van der Waals surface area contributed by atoms with Gasteiger partial charge in [0, 0.05) is 0 Å². The van der Waals surface area contributed by atoms with Crippen molar-refractivity contribution in [2.75, 3.05) is 0 Å². The molecule has 0 aliphatic rings. The van der Waals surface area contributed by atoms with Gasteiger partial charge in [0.1, 0.15) is 0 Å². The summed E-state index contributed by atoms with van der Waals surface area (Å²) in [5.74, 6) is 0. The minimum atomic E-state index is 0.491. The summed E-state index contributed by atoms with van der Waals surface area (Å²) in [6, 6.07) is 4.19. The molecule has 0 bridgehead atoms. The monoisotopic (exact) mass is 215 g/mol. The average molecular weight is 214 g/mol. The summed E-state index contributed by atoms with van der Waals surface area (Å²) in [6.07, 6.45) is 1.90. The molecule has 0 unspecified atom stereocenters. The topological polar surface area (TPSA) is 12.9 Å². The van der Waals surface area contributed by atoms with Crippen LogP contribution >= 0.6 is 11.3 Å². The van der Waals surface area contributed by atoms with Crippen molar-refractivity contribution in [1.29, 1.82) is 0 Å². The van der Waals surface area contributed by atoms with Crippen LogP contribution in [0.25, 0.3) is 9.44 Å². The second kappa shape index (κ2) is 2.70. The molecular formula is C7H5NSSe. The quantitative estimate of drug-likeness (QED) is 0.660. The molecule has 0 spiro atoms. The Bertz CT molecular complexity index is 253. The molecule has 3 heteroatoms. The number of nitrogens with zero attached hydrogens (tertiary/aromatic N) is 1. The van der Waals surface area contributed by atoms with Gasteiger partial charge in [-0.25, -0.2) is 0 Å². The Morgan fingerprint density at radius 3 is 3.10 bits per heavy atom. The van der Waals surface area contributed by atoms with E-state index in [0.717, 1.165) is 0 Å². The summed E-state index contributed by atoms with van der Waals surface area (Å²) in [5.41, 5.74) is 0. The maximum atomic E-state index is 4.25. The van der Waals surface area contributed by atoms with Crippen LogP contribution in [-0.4, -0.2) is 19.5 Å². The molecule has 2 heterocycles. The van der Waals surface area contributed by atoms with Crippen LogP contribution in [0, 0.1) is 0 Å². The molecule has 10 heavy (non-hydrogen) atoms. The molecule has 0 atom stereocenters. The van der Waals surface area contributed by atoms with Gasteiger partial charge in [-0.05, 0) is 0 Å². The third-order valence-corrected chi connectivity index (χ3v) is 4.02. The standard InChI is InChI=1S/C7H5NSSe/c1-2-6(9-4-1)7-8-3-5-10-7/h1-5H. The van der Waals surface area contributed by atoms with Crippen LogP contribution in [0.15, 0.2) is 28.6 Å². The zero-order valence-corrected chi connectivity index (χ0v) is 7.68. The van der Waals surface area contributed by atoms with Gasteiger partial charge in [0.2, 0.25) is 0 Å². The molecule has 50 valence electrons. The first-order valence-electron chi connectivity index (χ1n) is 2.90. The zero-order chi connectivity index (χ0) is 6.81. The van der Waals surface area contributed by atoms with E-state index in [1.165, 1.54) is 9.44 Å². The summed E-state index contributed by atoms with van der Waals surface area (Å²) >= 11 is 2.26. The number of aromatic nitrogens is 1. The number of thiophene rings is 1. The molecule has 0 aromatic carbocycles. The first-order valence-corrected chi connectivity index (χ1v) is 5.63. The van der Waals surface area contributed by atoms with Gasteiger partial charge in [-0.15, -0.1) is 0 Å². The van der Waals surface area contributed by atoms with Crippen molar-refractivity contribution in [2.24, 2.45) is 0 Å². The SMILES string of the molecule is c1csc(-c2ncc[se]2)c1. The van der Waals surface area contributed by atoms with Crippen molar-refractivity contribution in [1.82, 2.24) is 4.98 Å². The van der Waals surface area contributed by atoms with Crippen LogP contribution in [0.4, 0.5) is 0 Å². The molecule has 0 aliphatic carbocycles. The molecule has 2 rings (SSSR count). The second-order valence-corrected chi connectivity index (χ2v) is 4.64. The van der Waals surface area contributed by atoms with Crippen molar-refractivity contribution in [3.05, 3.63) is 28.6 Å². The van der Waals surface area contributed by atoms with E-state index in [9.17, 15) is 0 Å². The number of rotatable bonds is 1. The summed E-state index contributed by atoms with van der Waals surface area (Å²) in [5, 5.41) is 2.09. The number of hydrogen-bond donors (Lipinski definition) is 0.